The van der Waals surface area contributed by atoms with Crippen LogP contribution in [0.1, 0.15) is 6.92 Å². The summed E-state index contributed by atoms with van der Waals surface area (Å²) in [6, 6.07) is 0. The predicted molar refractivity (Wildman–Crippen MR) is 149 cm³/mol. The highest BCUT2D eigenvalue weighted by molar-refractivity contribution is 8.13. The molecule has 0 aliphatic rings. The molecule has 0 radical (unpaired) electrons. The molecule has 0 saturated heterocycles. The molecule has 0 aromatic heterocycles. The molecule has 0 saturated carbocycles. The molecule has 0 spiro atoms. The SMILES string of the molecule is CC(=O)SCCOCCOCCOCCOCCOCCOCCOCCOCCOCCOCCOCCO. The maximum absolute atomic E-state index is 10.8. The molecular weight excluding hydrogens is 552 g/mol. The van der Waals surface area contributed by atoms with Crippen LogP contribution in [0.5, 0.6) is 0 Å². The van der Waals surface area contributed by atoms with E-state index in [1.54, 1.807) is 6.92 Å². The van der Waals surface area contributed by atoms with Crippen molar-refractivity contribution >= 4 is 16.9 Å². The lowest BCUT2D eigenvalue weighted by Crippen LogP contribution is -2.15. The third-order valence-corrected chi connectivity index (χ3v) is 5.27. The lowest BCUT2D eigenvalue weighted by Gasteiger charge is -2.09. The lowest BCUT2D eigenvalue weighted by atomic mass is 10.6. The zero-order valence-electron chi connectivity index (χ0n) is 24.2. The van der Waals surface area contributed by atoms with Crippen molar-refractivity contribution in [3.05, 3.63) is 0 Å². The number of thioether (sulfide) groups is 1. The van der Waals surface area contributed by atoms with Gasteiger partial charge in [0.15, 0.2) is 5.12 Å². The van der Waals surface area contributed by atoms with Crippen LogP contribution in [0.15, 0.2) is 0 Å². The first-order valence-electron chi connectivity index (χ1n) is 13.9. The van der Waals surface area contributed by atoms with Gasteiger partial charge in [-0.05, 0) is 0 Å². The largest absolute Gasteiger partial charge is 0.394 e. The van der Waals surface area contributed by atoms with Gasteiger partial charge in [0, 0.05) is 12.7 Å². The van der Waals surface area contributed by atoms with Crippen molar-refractivity contribution in [3.8, 4) is 0 Å². The molecule has 40 heavy (non-hydrogen) atoms. The molecule has 0 aliphatic heterocycles. The van der Waals surface area contributed by atoms with E-state index >= 15 is 0 Å². The van der Waals surface area contributed by atoms with Gasteiger partial charge in [-0.15, -0.1) is 0 Å². The Morgan fingerprint density at radius 1 is 0.400 bits per heavy atom. The molecule has 0 aromatic rings. The van der Waals surface area contributed by atoms with Gasteiger partial charge in [-0.2, -0.15) is 0 Å². The summed E-state index contributed by atoms with van der Waals surface area (Å²) in [7, 11) is 0. The van der Waals surface area contributed by atoms with Crippen LogP contribution in [-0.4, -0.2) is 168 Å². The number of aliphatic hydroxyl groups excluding tert-OH is 1. The van der Waals surface area contributed by atoms with Crippen LogP contribution in [0.2, 0.25) is 0 Å². The molecule has 0 unspecified atom stereocenters. The van der Waals surface area contributed by atoms with E-state index < -0.39 is 0 Å². The summed E-state index contributed by atoms with van der Waals surface area (Å²) >= 11 is 1.26. The van der Waals surface area contributed by atoms with Crippen LogP contribution < -0.4 is 0 Å². The first-order valence-corrected chi connectivity index (χ1v) is 14.8. The van der Waals surface area contributed by atoms with E-state index in [9.17, 15) is 4.79 Å². The monoisotopic (exact) mass is 604 g/mol. The molecule has 0 bridgehead atoms. The summed E-state index contributed by atoms with van der Waals surface area (Å²) in [5.74, 6) is 0.673. The zero-order chi connectivity index (χ0) is 29.0. The van der Waals surface area contributed by atoms with E-state index in [1.165, 1.54) is 11.8 Å². The number of carbonyl (C=O) groups excluding carboxylic acids is 1. The highest BCUT2D eigenvalue weighted by Gasteiger charge is 1.97. The van der Waals surface area contributed by atoms with Gasteiger partial charge in [0.25, 0.3) is 0 Å². The van der Waals surface area contributed by atoms with Gasteiger partial charge in [0.1, 0.15) is 0 Å². The molecule has 0 aromatic carbocycles. The predicted octanol–water partition coefficient (Wildman–Crippen LogP) is 0.441. The molecule has 14 heteroatoms. The molecular formula is C26H52O13S. The van der Waals surface area contributed by atoms with E-state index in [2.05, 4.69) is 0 Å². The fraction of sp³-hybridized carbons (Fsp3) is 0.962. The number of carbonyl (C=O) groups is 1. The van der Waals surface area contributed by atoms with Gasteiger partial charge in [0.05, 0.1) is 152 Å². The standard InChI is InChI=1S/C26H52O13S/c1-26(28)40-25-24-39-23-22-38-21-20-37-19-18-36-17-16-35-15-14-34-13-12-33-11-10-32-9-8-31-7-6-30-5-4-29-3-2-27/h27H,2-25H2,1H3. The van der Waals surface area contributed by atoms with Gasteiger partial charge >= 0.3 is 0 Å². The van der Waals surface area contributed by atoms with Gasteiger partial charge < -0.3 is 57.2 Å². The van der Waals surface area contributed by atoms with E-state index in [-0.39, 0.29) is 11.7 Å². The molecule has 240 valence electrons. The molecule has 0 rings (SSSR count). The van der Waals surface area contributed by atoms with Crippen LogP contribution >= 0.6 is 11.8 Å². The van der Waals surface area contributed by atoms with Crippen LogP contribution in [-0.2, 0) is 56.9 Å². The molecule has 0 aliphatic carbocycles. The van der Waals surface area contributed by atoms with Crippen molar-refractivity contribution in [1.29, 1.82) is 0 Å². The molecule has 13 nitrogen and oxygen atoms in total. The topological polar surface area (TPSA) is 139 Å². The van der Waals surface area contributed by atoms with Crippen molar-refractivity contribution in [2.75, 3.05) is 158 Å². The van der Waals surface area contributed by atoms with Crippen LogP contribution in [0.3, 0.4) is 0 Å². The van der Waals surface area contributed by atoms with Crippen LogP contribution in [0.25, 0.3) is 0 Å². The number of aliphatic hydroxyl groups is 1. The number of rotatable bonds is 35. The number of hydrogen-bond donors (Lipinski definition) is 1. The number of hydrogen-bond acceptors (Lipinski definition) is 14. The normalized spacial score (nSPS) is 11.4. The van der Waals surface area contributed by atoms with E-state index in [1.807, 2.05) is 0 Å². The highest BCUT2D eigenvalue weighted by atomic mass is 32.2. The van der Waals surface area contributed by atoms with Crippen molar-refractivity contribution in [3.63, 3.8) is 0 Å². The van der Waals surface area contributed by atoms with Gasteiger partial charge in [-0.25, -0.2) is 0 Å². The average Bonchev–Trinajstić information content (AvgIpc) is 2.95. The Bertz CT molecular complexity index is 492. The summed E-state index contributed by atoms with van der Waals surface area (Å²) in [6.07, 6.45) is 0. The molecule has 0 amide bonds. The maximum Gasteiger partial charge on any atom is 0.185 e. The quantitative estimate of drug-likeness (QED) is 0.100. The molecule has 0 atom stereocenters. The van der Waals surface area contributed by atoms with E-state index in [4.69, 9.17) is 57.2 Å². The average molecular weight is 605 g/mol. The maximum atomic E-state index is 10.8. The minimum Gasteiger partial charge on any atom is -0.394 e. The Kier molecular flexibility index (Phi) is 36.1. The van der Waals surface area contributed by atoms with Crippen molar-refractivity contribution in [2.45, 2.75) is 6.92 Å². The van der Waals surface area contributed by atoms with Crippen molar-refractivity contribution in [2.24, 2.45) is 0 Å². The summed E-state index contributed by atoms with van der Waals surface area (Å²) in [5, 5.41) is 8.67. The van der Waals surface area contributed by atoms with Gasteiger partial charge in [0.2, 0.25) is 0 Å². The number of ether oxygens (including phenoxy) is 11. The molecule has 1 N–H and O–H groups in total. The Balaban J connectivity index is 3.03. The van der Waals surface area contributed by atoms with Crippen molar-refractivity contribution < 1.29 is 62.0 Å². The smallest absolute Gasteiger partial charge is 0.185 e. The summed E-state index contributed by atoms with van der Waals surface area (Å²) in [6.45, 7) is 12.5. The fourth-order valence-electron chi connectivity index (χ4n) is 2.61. The lowest BCUT2D eigenvalue weighted by molar-refractivity contribution is -0.109. The second-order valence-electron chi connectivity index (χ2n) is 7.80. The summed E-state index contributed by atoms with van der Waals surface area (Å²) in [4.78, 5) is 10.8. The summed E-state index contributed by atoms with van der Waals surface area (Å²) < 4.78 is 59.2. The minimum atomic E-state index is 0.0242. The second kappa shape index (κ2) is 36.6. The summed E-state index contributed by atoms with van der Waals surface area (Å²) in [5.41, 5.74) is 0. The Labute approximate surface area is 243 Å². The first kappa shape index (κ1) is 39.5. The van der Waals surface area contributed by atoms with Crippen LogP contribution in [0, 0.1) is 0 Å². The molecule has 0 fully saturated rings. The van der Waals surface area contributed by atoms with Crippen LogP contribution in [0.4, 0.5) is 0 Å². The third-order valence-electron chi connectivity index (χ3n) is 4.49. The Morgan fingerprint density at radius 2 is 0.600 bits per heavy atom. The van der Waals surface area contributed by atoms with Gasteiger partial charge in [-0.1, -0.05) is 11.8 Å². The van der Waals surface area contributed by atoms with E-state index in [0.29, 0.717) is 151 Å². The molecule has 0 heterocycles. The Morgan fingerprint density at radius 3 is 0.800 bits per heavy atom. The van der Waals surface area contributed by atoms with Crippen molar-refractivity contribution in [1.82, 2.24) is 0 Å². The van der Waals surface area contributed by atoms with E-state index in [0.717, 1.165) is 0 Å². The van der Waals surface area contributed by atoms with Gasteiger partial charge in [-0.3, -0.25) is 4.79 Å². The highest BCUT2D eigenvalue weighted by Crippen LogP contribution is 1.99. The second-order valence-corrected chi connectivity index (χ2v) is 9.07. The first-order chi connectivity index (χ1) is 19.8. The fourth-order valence-corrected chi connectivity index (χ4v) is 3.10. The zero-order valence-corrected chi connectivity index (χ0v) is 25.0. The third kappa shape index (κ3) is 37.5. The Hall–Kier alpha value is -0.460. The minimum absolute atomic E-state index is 0.0242.